The summed E-state index contributed by atoms with van der Waals surface area (Å²) in [5, 5.41) is 0. The fraction of sp³-hybridized carbons (Fsp3) is 0.278. The molecule has 0 spiro atoms. The summed E-state index contributed by atoms with van der Waals surface area (Å²) in [4.78, 5) is 12.5. The molecule has 0 saturated carbocycles. The smallest absolute Gasteiger partial charge is 0.144 e. The van der Waals surface area contributed by atoms with E-state index in [4.69, 9.17) is 4.74 Å². The standard InChI is InChI=1S/C18H20O2/c1-3-17(15-10-7-11-16(13-15)20-2)18(19)12-14-8-5-4-6-9-14/h4-11,13,17H,3,12H2,1-2H3. The van der Waals surface area contributed by atoms with E-state index in [9.17, 15) is 4.79 Å². The maximum atomic E-state index is 12.5. The lowest BCUT2D eigenvalue weighted by Crippen LogP contribution is -2.14. The number of rotatable bonds is 6. The molecule has 0 heterocycles. The van der Waals surface area contributed by atoms with Crippen LogP contribution in [0.15, 0.2) is 54.6 Å². The minimum absolute atomic E-state index is 0.0645. The van der Waals surface area contributed by atoms with Crippen LogP contribution in [0, 0.1) is 0 Å². The number of carbonyl (C=O) groups is 1. The van der Waals surface area contributed by atoms with Gasteiger partial charge in [-0.15, -0.1) is 0 Å². The van der Waals surface area contributed by atoms with Crippen LogP contribution < -0.4 is 4.74 Å². The highest BCUT2D eigenvalue weighted by molar-refractivity contribution is 5.87. The molecule has 0 N–H and O–H groups in total. The van der Waals surface area contributed by atoms with Crippen LogP contribution in [0.5, 0.6) is 5.75 Å². The Morgan fingerprint density at radius 3 is 2.50 bits per heavy atom. The maximum absolute atomic E-state index is 12.5. The molecule has 0 radical (unpaired) electrons. The molecule has 1 unspecified atom stereocenters. The van der Waals surface area contributed by atoms with Gasteiger partial charge in [-0.05, 0) is 29.7 Å². The first kappa shape index (κ1) is 14.3. The molecule has 2 aromatic rings. The maximum Gasteiger partial charge on any atom is 0.144 e. The lowest BCUT2D eigenvalue weighted by Gasteiger charge is -2.15. The Morgan fingerprint density at radius 2 is 1.85 bits per heavy atom. The largest absolute Gasteiger partial charge is 0.497 e. The molecule has 0 bridgehead atoms. The van der Waals surface area contributed by atoms with Crippen molar-refractivity contribution in [2.24, 2.45) is 0 Å². The summed E-state index contributed by atoms with van der Waals surface area (Å²) in [5.74, 6) is 0.991. The molecule has 2 rings (SSSR count). The number of benzene rings is 2. The average Bonchev–Trinajstić information content (AvgIpc) is 2.49. The first-order valence-corrected chi connectivity index (χ1v) is 6.95. The van der Waals surface area contributed by atoms with E-state index in [1.54, 1.807) is 7.11 Å². The SMILES string of the molecule is CCC(C(=O)Cc1ccccc1)c1cccc(OC)c1. The van der Waals surface area contributed by atoms with E-state index in [1.807, 2.05) is 61.5 Å². The van der Waals surface area contributed by atoms with Gasteiger partial charge in [0.1, 0.15) is 11.5 Å². The zero-order valence-electron chi connectivity index (χ0n) is 12.0. The van der Waals surface area contributed by atoms with E-state index < -0.39 is 0 Å². The lowest BCUT2D eigenvalue weighted by atomic mass is 9.89. The highest BCUT2D eigenvalue weighted by Gasteiger charge is 2.19. The van der Waals surface area contributed by atoms with Gasteiger partial charge < -0.3 is 4.74 Å². The highest BCUT2D eigenvalue weighted by Crippen LogP contribution is 2.25. The zero-order chi connectivity index (χ0) is 14.4. The van der Waals surface area contributed by atoms with Gasteiger partial charge in [0.05, 0.1) is 7.11 Å². The van der Waals surface area contributed by atoms with Crippen LogP contribution >= 0.6 is 0 Å². The molecule has 1 atom stereocenters. The molecule has 0 saturated heterocycles. The van der Waals surface area contributed by atoms with Gasteiger partial charge in [-0.25, -0.2) is 0 Å². The molecule has 2 nitrogen and oxygen atoms in total. The molecular formula is C18H20O2. The van der Waals surface area contributed by atoms with Crippen LogP contribution in [0.1, 0.15) is 30.4 Å². The van der Waals surface area contributed by atoms with Crippen LogP contribution in [-0.2, 0) is 11.2 Å². The number of ketones is 1. The Morgan fingerprint density at radius 1 is 1.10 bits per heavy atom. The average molecular weight is 268 g/mol. The van der Waals surface area contributed by atoms with Crippen LogP contribution in [0.4, 0.5) is 0 Å². The predicted molar refractivity (Wildman–Crippen MR) is 81.2 cm³/mol. The summed E-state index contributed by atoms with van der Waals surface area (Å²) in [6.07, 6.45) is 1.29. The van der Waals surface area contributed by atoms with E-state index in [0.29, 0.717) is 6.42 Å². The number of hydrogen-bond acceptors (Lipinski definition) is 2. The van der Waals surface area contributed by atoms with Gasteiger partial charge in [0.25, 0.3) is 0 Å². The predicted octanol–water partition coefficient (Wildman–Crippen LogP) is 4.00. The van der Waals surface area contributed by atoms with Gasteiger partial charge in [-0.2, -0.15) is 0 Å². The van der Waals surface area contributed by atoms with Gasteiger partial charge >= 0.3 is 0 Å². The number of ether oxygens (including phenoxy) is 1. The third-order valence-corrected chi connectivity index (χ3v) is 3.51. The molecule has 0 aliphatic rings. The van der Waals surface area contributed by atoms with Crippen molar-refractivity contribution in [3.8, 4) is 5.75 Å². The van der Waals surface area contributed by atoms with E-state index in [2.05, 4.69) is 0 Å². The van der Waals surface area contributed by atoms with Crippen molar-refractivity contribution in [1.29, 1.82) is 0 Å². The van der Waals surface area contributed by atoms with E-state index in [0.717, 1.165) is 23.3 Å². The minimum atomic E-state index is -0.0645. The number of hydrogen-bond donors (Lipinski definition) is 0. The van der Waals surface area contributed by atoms with Gasteiger partial charge in [0, 0.05) is 12.3 Å². The second-order valence-corrected chi connectivity index (χ2v) is 4.87. The van der Waals surface area contributed by atoms with Gasteiger partial charge in [0.15, 0.2) is 0 Å². The molecule has 0 amide bonds. The fourth-order valence-corrected chi connectivity index (χ4v) is 2.43. The van der Waals surface area contributed by atoms with E-state index in [-0.39, 0.29) is 11.7 Å². The lowest BCUT2D eigenvalue weighted by molar-refractivity contribution is -0.119. The summed E-state index contributed by atoms with van der Waals surface area (Å²) in [7, 11) is 1.64. The van der Waals surface area contributed by atoms with Crippen LogP contribution in [-0.4, -0.2) is 12.9 Å². The molecule has 2 heteroatoms. The van der Waals surface area contributed by atoms with Gasteiger partial charge in [-0.1, -0.05) is 49.4 Å². The minimum Gasteiger partial charge on any atom is -0.497 e. The third-order valence-electron chi connectivity index (χ3n) is 3.51. The number of Topliss-reactive ketones (excluding diaryl/α,β-unsaturated/α-hetero) is 1. The van der Waals surface area contributed by atoms with Gasteiger partial charge in [0.2, 0.25) is 0 Å². The van der Waals surface area contributed by atoms with E-state index in [1.165, 1.54) is 0 Å². The molecule has 104 valence electrons. The molecular weight excluding hydrogens is 248 g/mol. The quantitative estimate of drug-likeness (QED) is 0.791. The normalized spacial score (nSPS) is 11.9. The zero-order valence-corrected chi connectivity index (χ0v) is 12.0. The van der Waals surface area contributed by atoms with Crippen LogP contribution in [0.25, 0.3) is 0 Å². The Balaban J connectivity index is 2.16. The fourth-order valence-electron chi connectivity index (χ4n) is 2.43. The summed E-state index contributed by atoms with van der Waals surface area (Å²) < 4.78 is 5.24. The summed E-state index contributed by atoms with van der Waals surface area (Å²) in [6.45, 7) is 2.05. The van der Waals surface area contributed by atoms with Crippen molar-refractivity contribution in [1.82, 2.24) is 0 Å². The molecule has 2 aromatic carbocycles. The van der Waals surface area contributed by atoms with Crippen molar-refractivity contribution in [3.05, 3.63) is 65.7 Å². The monoisotopic (exact) mass is 268 g/mol. The van der Waals surface area contributed by atoms with Gasteiger partial charge in [-0.3, -0.25) is 4.79 Å². The van der Waals surface area contributed by atoms with E-state index >= 15 is 0 Å². The highest BCUT2D eigenvalue weighted by atomic mass is 16.5. The van der Waals surface area contributed by atoms with Crippen LogP contribution in [0.3, 0.4) is 0 Å². The third kappa shape index (κ3) is 3.47. The molecule has 0 aliphatic heterocycles. The first-order valence-electron chi connectivity index (χ1n) is 6.95. The van der Waals surface area contributed by atoms with Crippen molar-refractivity contribution in [2.45, 2.75) is 25.7 Å². The first-order chi connectivity index (χ1) is 9.74. The Kier molecular flexibility index (Phi) is 4.94. The van der Waals surface area contributed by atoms with Crippen molar-refractivity contribution in [3.63, 3.8) is 0 Å². The number of methoxy groups -OCH3 is 1. The molecule has 0 aliphatic carbocycles. The van der Waals surface area contributed by atoms with Crippen molar-refractivity contribution in [2.75, 3.05) is 7.11 Å². The Bertz CT molecular complexity index is 561. The Hall–Kier alpha value is -2.09. The molecule has 20 heavy (non-hydrogen) atoms. The second-order valence-electron chi connectivity index (χ2n) is 4.87. The topological polar surface area (TPSA) is 26.3 Å². The second kappa shape index (κ2) is 6.90. The van der Waals surface area contributed by atoms with Crippen molar-refractivity contribution < 1.29 is 9.53 Å². The van der Waals surface area contributed by atoms with Crippen LogP contribution in [0.2, 0.25) is 0 Å². The summed E-state index contributed by atoms with van der Waals surface area (Å²) in [5.41, 5.74) is 2.10. The molecule has 0 fully saturated rings. The van der Waals surface area contributed by atoms with Crippen molar-refractivity contribution >= 4 is 5.78 Å². The Labute approximate surface area is 120 Å². The molecule has 0 aromatic heterocycles. The number of carbonyl (C=O) groups excluding carboxylic acids is 1. The summed E-state index contributed by atoms with van der Waals surface area (Å²) >= 11 is 0. The summed E-state index contributed by atoms with van der Waals surface area (Å²) in [6, 6.07) is 17.7.